The molecule has 1 aliphatic rings. The minimum atomic E-state index is -0.209. The van der Waals surface area contributed by atoms with E-state index in [4.69, 9.17) is 5.73 Å². The number of anilines is 1. The molecule has 0 saturated carbocycles. The SMILES string of the molecule is CN1CCN(C(=O)c2cncc(Br)c2N)C(C)(C)C1. The molecule has 1 aromatic rings. The number of nitrogens with two attached hydrogens (primary N) is 1. The predicted octanol–water partition coefficient (Wildman–Crippen LogP) is 1.59. The molecule has 1 amide bonds. The number of halogens is 1. The van der Waals surface area contributed by atoms with Gasteiger partial charge < -0.3 is 15.5 Å². The Morgan fingerprint density at radius 3 is 2.74 bits per heavy atom. The average molecular weight is 327 g/mol. The van der Waals surface area contributed by atoms with E-state index >= 15 is 0 Å². The molecule has 1 aromatic heterocycles. The number of carbonyl (C=O) groups excluding carboxylic acids is 1. The van der Waals surface area contributed by atoms with Gasteiger partial charge in [-0.2, -0.15) is 0 Å². The van der Waals surface area contributed by atoms with E-state index in [0.29, 0.717) is 22.3 Å². The van der Waals surface area contributed by atoms with Gasteiger partial charge in [-0.15, -0.1) is 0 Å². The largest absolute Gasteiger partial charge is 0.397 e. The highest BCUT2D eigenvalue weighted by molar-refractivity contribution is 9.10. The van der Waals surface area contributed by atoms with E-state index in [2.05, 4.69) is 46.7 Å². The monoisotopic (exact) mass is 326 g/mol. The minimum absolute atomic E-state index is 0.0515. The fourth-order valence-corrected chi connectivity index (χ4v) is 2.87. The van der Waals surface area contributed by atoms with Crippen LogP contribution < -0.4 is 5.73 Å². The standard InChI is InChI=1S/C13H19BrN4O/c1-13(2)8-17(3)4-5-18(13)12(19)9-6-16-7-10(14)11(9)15/h6-7H,4-5,8H2,1-3H3,(H2,15,16). The Bertz CT molecular complexity index is 503. The number of piperazine rings is 1. The molecule has 5 nitrogen and oxygen atoms in total. The summed E-state index contributed by atoms with van der Waals surface area (Å²) in [5.41, 5.74) is 6.67. The van der Waals surface area contributed by atoms with Gasteiger partial charge in [0.2, 0.25) is 0 Å². The fraction of sp³-hybridized carbons (Fsp3) is 0.538. The second-order valence-corrected chi connectivity index (χ2v) is 6.44. The number of hydrogen-bond acceptors (Lipinski definition) is 4. The summed E-state index contributed by atoms with van der Waals surface area (Å²) in [5, 5.41) is 0. The Kier molecular flexibility index (Phi) is 3.82. The average Bonchev–Trinajstić information content (AvgIpc) is 2.30. The lowest BCUT2D eigenvalue weighted by atomic mass is 9.98. The summed E-state index contributed by atoms with van der Waals surface area (Å²) in [6, 6.07) is 0. The summed E-state index contributed by atoms with van der Waals surface area (Å²) in [5.74, 6) is -0.0515. The Morgan fingerprint density at radius 1 is 1.42 bits per heavy atom. The van der Waals surface area contributed by atoms with Crippen molar-refractivity contribution in [3.05, 3.63) is 22.4 Å². The zero-order chi connectivity index (χ0) is 14.2. The number of carbonyl (C=O) groups is 1. The summed E-state index contributed by atoms with van der Waals surface area (Å²) in [6.07, 6.45) is 3.14. The van der Waals surface area contributed by atoms with Crippen molar-refractivity contribution in [1.82, 2.24) is 14.8 Å². The van der Waals surface area contributed by atoms with Gasteiger partial charge in [-0.25, -0.2) is 0 Å². The number of amides is 1. The number of nitrogen functional groups attached to an aromatic ring is 1. The number of aromatic nitrogens is 1. The third-order valence-corrected chi connectivity index (χ3v) is 4.14. The molecular formula is C13H19BrN4O. The molecule has 0 aliphatic carbocycles. The van der Waals surface area contributed by atoms with Gasteiger partial charge in [0, 0.05) is 32.0 Å². The third kappa shape index (κ3) is 2.74. The molecule has 0 spiro atoms. The second-order valence-electron chi connectivity index (χ2n) is 5.59. The van der Waals surface area contributed by atoms with Crippen molar-refractivity contribution in [2.75, 3.05) is 32.4 Å². The topological polar surface area (TPSA) is 62.5 Å². The van der Waals surface area contributed by atoms with E-state index < -0.39 is 0 Å². The molecule has 6 heteroatoms. The first-order chi connectivity index (χ1) is 8.83. The predicted molar refractivity (Wildman–Crippen MR) is 79.0 cm³/mol. The smallest absolute Gasteiger partial charge is 0.258 e. The summed E-state index contributed by atoms with van der Waals surface area (Å²) in [7, 11) is 2.07. The van der Waals surface area contributed by atoms with E-state index in [1.807, 2.05) is 4.90 Å². The van der Waals surface area contributed by atoms with Crippen LogP contribution in [0, 0.1) is 0 Å². The van der Waals surface area contributed by atoms with Gasteiger partial charge in [-0.3, -0.25) is 9.78 Å². The molecule has 1 saturated heterocycles. The number of nitrogens with zero attached hydrogens (tertiary/aromatic N) is 3. The number of likely N-dealkylation sites (N-methyl/N-ethyl adjacent to an activating group) is 1. The van der Waals surface area contributed by atoms with Crippen LogP contribution in [0.5, 0.6) is 0 Å². The van der Waals surface area contributed by atoms with Crippen LogP contribution in [0.1, 0.15) is 24.2 Å². The maximum Gasteiger partial charge on any atom is 0.258 e. The van der Waals surface area contributed by atoms with E-state index in [1.54, 1.807) is 6.20 Å². The summed E-state index contributed by atoms with van der Waals surface area (Å²) in [4.78, 5) is 20.8. The van der Waals surface area contributed by atoms with E-state index in [9.17, 15) is 4.79 Å². The van der Waals surface area contributed by atoms with Crippen LogP contribution in [0.2, 0.25) is 0 Å². The van der Waals surface area contributed by atoms with Gasteiger partial charge in [0.05, 0.1) is 21.3 Å². The van der Waals surface area contributed by atoms with Gasteiger partial charge in [-0.1, -0.05) is 0 Å². The Labute approximate surface area is 121 Å². The highest BCUT2D eigenvalue weighted by atomic mass is 79.9. The van der Waals surface area contributed by atoms with Crippen molar-refractivity contribution in [3.63, 3.8) is 0 Å². The van der Waals surface area contributed by atoms with Gasteiger partial charge in [0.15, 0.2) is 0 Å². The molecule has 0 aromatic carbocycles. The molecule has 0 bridgehead atoms. The van der Waals surface area contributed by atoms with Crippen LogP contribution in [-0.4, -0.2) is 52.9 Å². The maximum absolute atomic E-state index is 12.7. The van der Waals surface area contributed by atoms with Crippen molar-refractivity contribution >= 4 is 27.5 Å². The van der Waals surface area contributed by atoms with Crippen LogP contribution in [0.3, 0.4) is 0 Å². The van der Waals surface area contributed by atoms with Crippen LogP contribution in [0.4, 0.5) is 5.69 Å². The lowest BCUT2D eigenvalue weighted by Crippen LogP contribution is -2.60. The molecule has 0 atom stereocenters. The lowest BCUT2D eigenvalue weighted by Gasteiger charge is -2.46. The normalized spacial score (nSPS) is 19.5. The molecule has 0 unspecified atom stereocenters. The molecule has 2 N–H and O–H groups in total. The molecule has 0 radical (unpaired) electrons. The Hall–Kier alpha value is -1.14. The minimum Gasteiger partial charge on any atom is -0.397 e. The first-order valence-corrected chi connectivity index (χ1v) is 7.02. The quantitative estimate of drug-likeness (QED) is 0.851. The Morgan fingerprint density at radius 2 is 2.11 bits per heavy atom. The molecule has 19 heavy (non-hydrogen) atoms. The van der Waals surface area contributed by atoms with Crippen LogP contribution in [-0.2, 0) is 0 Å². The van der Waals surface area contributed by atoms with Crippen LogP contribution >= 0.6 is 15.9 Å². The fourth-order valence-electron chi connectivity index (χ4n) is 2.54. The highest BCUT2D eigenvalue weighted by Crippen LogP contribution is 2.27. The first kappa shape index (κ1) is 14.3. The summed E-state index contributed by atoms with van der Waals surface area (Å²) >= 11 is 3.31. The van der Waals surface area contributed by atoms with Crippen molar-refractivity contribution in [2.45, 2.75) is 19.4 Å². The number of hydrogen-bond donors (Lipinski definition) is 1. The third-order valence-electron chi connectivity index (χ3n) is 3.51. The van der Waals surface area contributed by atoms with E-state index in [-0.39, 0.29) is 11.4 Å². The van der Waals surface area contributed by atoms with Gasteiger partial charge >= 0.3 is 0 Å². The second kappa shape index (κ2) is 5.09. The molecule has 1 fully saturated rings. The van der Waals surface area contributed by atoms with Crippen LogP contribution in [0.25, 0.3) is 0 Å². The summed E-state index contributed by atoms with van der Waals surface area (Å²) < 4.78 is 0.658. The first-order valence-electron chi connectivity index (χ1n) is 6.22. The van der Waals surface area contributed by atoms with Gasteiger partial charge in [-0.05, 0) is 36.8 Å². The van der Waals surface area contributed by atoms with Crippen LogP contribution in [0.15, 0.2) is 16.9 Å². The van der Waals surface area contributed by atoms with Crippen molar-refractivity contribution in [3.8, 4) is 0 Å². The maximum atomic E-state index is 12.7. The molecule has 2 rings (SSSR count). The molecular weight excluding hydrogens is 308 g/mol. The number of pyridine rings is 1. The molecule has 104 valence electrons. The van der Waals surface area contributed by atoms with E-state index in [0.717, 1.165) is 13.1 Å². The van der Waals surface area contributed by atoms with Crippen molar-refractivity contribution in [2.24, 2.45) is 0 Å². The Balaban J connectivity index is 2.31. The zero-order valence-corrected chi connectivity index (χ0v) is 13.1. The molecule has 2 heterocycles. The van der Waals surface area contributed by atoms with Gasteiger partial charge in [0.25, 0.3) is 5.91 Å². The van der Waals surface area contributed by atoms with Crippen molar-refractivity contribution < 1.29 is 4.79 Å². The zero-order valence-electron chi connectivity index (χ0n) is 11.5. The number of rotatable bonds is 1. The lowest BCUT2D eigenvalue weighted by molar-refractivity contribution is 0.0249. The van der Waals surface area contributed by atoms with Gasteiger partial charge in [0.1, 0.15) is 0 Å². The van der Waals surface area contributed by atoms with E-state index in [1.165, 1.54) is 6.20 Å². The van der Waals surface area contributed by atoms with Crippen molar-refractivity contribution in [1.29, 1.82) is 0 Å². The molecule has 1 aliphatic heterocycles. The summed E-state index contributed by atoms with van der Waals surface area (Å²) in [6.45, 7) is 6.56. The highest BCUT2D eigenvalue weighted by Gasteiger charge is 2.36.